The lowest BCUT2D eigenvalue weighted by atomic mass is 10.1. The maximum absolute atomic E-state index is 11.7. The molecule has 0 radical (unpaired) electrons. The van der Waals surface area contributed by atoms with Crippen LogP contribution in [0.3, 0.4) is 0 Å². The van der Waals surface area contributed by atoms with Gasteiger partial charge in [0.15, 0.2) is 11.5 Å². The van der Waals surface area contributed by atoms with Crippen LogP contribution in [0.2, 0.25) is 0 Å². The predicted molar refractivity (Wildman–Crippen MR) is 98.9 cm³/mol. The molecular formula is C20H24N2O4. The molecule has 6 nitrogen and oxygen atoms in total. The summed E-state index contributed by atoms with van der Waals surface area (Å²) in [7, 11) is 3.41. The van der Waals surface area contributed by atoms with Crippen molar-refractivity contribution < 1.29 is 19.0 Å². The van der Waals surface area contributed by atoms with Crippen molar-refractivity contribution in [3.05, 3.63) is 54.1 Å². The number of benzene rings is 2. The first-order chi connectivity index (χ1) is 12.7. The van der Waals surface area contributed by atoms with Gasteiger partial charge < -0.3 is 24.4 Å². The van der Waals surface area contributed by atoms with Gasteiger partial charge in [-0.15, -0.1) is 0 Å². The molecule has 3 rings (SSSR count). The van der Waals surface area contributed by atoms with Crippen LogP contribution in [0, 0.1) is 0 Å². The van der Waals surface area contributed by atoms with Crippen molar-refractivity contribution in [1.29, 1.82) is 0 Å². The maximum Gasteiger partial charge on any atom is 0.317 e. The molecule has 0 aromatic heterocycles. The number of urea groups is 1. The quantitative estimate of drug-likeness (QED) is 0.738. The van der Waals surface area contributed by atoms with Crippen LogP contribution in [0.25, 0.3) is 0 Å². The molecule has 2 amide bonds. The van der Waals surface area contributed by atoms with E-state index in [2.05, 4.69) is 5.32 Å². The third kappa shape index (κ3) is 4.20. The minimum atomic E-state index is -0.0636. The highest BCUT2D eigenvalue weighted by atomic mass is 16.5. The summed E-state index contributed by atoms with van der Waals surface area (Å²) >= 11 is 0. The summed E-state index contributed by atoms with van der Waals surface area (Å²) in [6.07, 6.45) is 0.756. The zero-order chi connectivity index (χ0) is 18.4. The van der Waals surface area contributed by atoms with Crippen molar-refractivity contribution >= 4 is 6.03 Å². The van der Waals surface area contributed by atoms with Crippen molar-refractivity contribution in [1.82, 2.24) is 10.2 Å². The van der Waals surface area contributed by atoms with Crippen LogP contribution < -0.4 is 19.5 Å². The van der Waals surface area contributed by atoms with E-state index in [4.69, 9.17) is 14.2 Å². The number of rotatable bonds is 8. The Hall–Kier alpha value is -2.89. The highest BCUT2D eigenvalue weighted by molar-refractivity contribution is 5.77. The molecule has 1 unspecified atom stereocenters. The lowest BCUT2D eigenvalue weighted by Crippen LogP contribution is -2.25. The topological polar surface area (TPSA) is 60.0 Å². The first kappa shape index (κ1) is 17.9. The second kappa shape index (κ2) is 8.47. The Morgan fingerprint density at radius 1 is 1.08 bits per heavy atom. The van der Waals surface area contributed by atoms with Gasteiger partial charge in [-0.1, -0.05) is 24.3 Å². The molecule has 1 aliphatic rings. The number of nitrogens with one attached hydrogen (secondary N) is 1. The van der Waals surface area contributed by atoms with E-state index >= 15 is 0 Å². The molecule has 2 aromatic rings. The smallest absolute Gasteiger partial charge is 0.317 e. The largest absolute Gasteiger partial charge is 0.493 e. The number of ether oxygens (including phenoxy) is 3. The van der Waals surface area contributed by atoms with Gasteiger partial charge in [-0.05, 0) is 29.8 Å². The molecule has 1 aliphatic heterocycles. The number of para-hydroxylation sites is 1. The lowest BCUT2D eigenvalue weighted by molar-refractivity contribution is 0.216. The lowest BCUT2D eigenvalue weighted by Gasteiger charge is -2.20. The molecule has 0 bridgehead atoms. The molecular weight excluding hydrogens is 332 g/mol. The number of amides is 2. The van der Waals surface area contributed by atoms with E-state index in [1.807, 2.05) is 48.5 Å². The van der Waals surface area contributed by atoms with Crippen molar-refractivity contribution in [2.24, 2.45) is 0 Å². The number of likely N-dealkylation sites (N-methyl/N-ethyl adjacent to an activating group) is 1. The highest BCUT2D eigenvalue weighted by Crippen LogP contribution is 2.33. The molecule has 0 aliphatic carbocycles. The Kier molecular flexibility index (Phi) is 5.84. The summed E-state index contributed by atoms with van der Waals surface area (Å²) < 4.78 is 17.0. The summed E-state index contributed by atoms with van der Waals surface area (Å²) in [5.74, 6) is 2.21. The van der Waals surface area contributed by atoms with Crippen LogP contribution in [0.15, 0.2) is 48.5 Å². The minimum Gasteiger partial charge on any atom is -0.493 e. The van der Waals surface area contributed by atoms with Crippen molar-refractivity contribution in [2.75, 3.05) is 33.9 Å². The van der Waals surface area contributed by atoms with Crippen LogP contribution in [0.4, 0.5) is 4.79 Å². The second-order valence-corrected chi connectivity index (χ2v) is 6.09. The Labute approximate surface area is 153 Å². The number of carbonyl (C=O) groups is 1. The van der Waals surface area contributed by atoms with Gasteiger partial charge in [-0.2, -0.15) is 0 Å². The number of methoxy groups -OCH3 is 1. The van der Waals surface area contributed by atoms with Gasteiger partial charge in [0.05, 0.1) is 26.4 Å². The van der Waals surface area contributed by atoms with Gasteiger partial charge in [-0.25, -0.2) is 4.79 Å². The average Bonchev–Trinajstić information content (AvgIpc) is 3.01. The Bertz CT molecular complexity index is 736. The van der Waals surface area contributed by atoms with Gasteiger partial charge in [-0.3, -0.25) is 0 Å². The average molecular weight is 356 g/mol. The van der Waals surface area contributed by atoms with Gasteiger partial charge in [0.25, 0.3) is 0 Å². The molecule has 1 heterocycles. The number of nitrogens with zero attached hydrogens (tertiary/aromatic N) is 1. The summed E-state index contributed by atoms with van der Waals surface area (Å²) in [4.78, 5) is 13.4. The number of carbonyl (C=O) groups excluding carboxylic acids is 1. The van der Waals surface area contributed by atoms with E-state index in [1.165, 1.54) is 0 Å². The number of hydrogen-bond acceptors (Lipinski definition) is 4. The SMILES string of the molecule is COc1ccc(C2CNC(=O)N2C)cc1OCCCOc1ccccc1. The van der Waals surface area contributed by atoms with Crippen LogP contribution in [-0.4, -0.2) is 44.8 Å². The Morgan fingerprint density at radius 2 is 1.85 bits per heavy atom. The molecule has 0 spiro atoms. The fraction of sp³-hybridized carbons (Fsp3) is 0.350. The third-order valence-electron chi connectivity index (χ3n) is 4.37. The highest BCUT2D eigenvalue weighted by Gasteiger charge is 2.29. The maximum atomic E-state index is 11.7. The fourth-order valence-electron chi connectivity index (χ4n) is 2.89. The van der Waals surface area contributed by atoms with Crippen molar-refractivity contribution in [3.63, 3.8) is 0 Å². The van der Waals surface area contributed by atoms with Gasteiger partial charge in [0.2, 0.25) is 0 Å². The second-order valence-electron chi connectivity index (χ2n) is 6.09. The Balaban J connectivity index is 1.56. The summed E-state index contributed by atoms with van der Waals surface area (Å²) in [6, 6.07) is 15.4. The van der Waals surface area contributed by atoms with Gasteiger partial charge in [0.1, 0.15) is 5.75 Å². The standard InChI is InChI=1S/C20H24N2O4/c1-22-17(14-21-20(22)23)15-9-10-18(24-2)19(13-15)26-12-6-11-25-16-7-4-3-5-8-16/h3-5,7-10,13,17H,6,11-12,14H2,1-2H3,(H,21,23). The van der Waals surface area contributed by atoms with E-state index in [0.717, 1.165) is 17.7 Å². The van der Waals surface area contributed by atoms with Gasteiger partial charge in [0, 0.05) is 20.0 Å². The van der Waals surface area contributed by atoms with E-state index in [9.17, 15) is 4.79 Å². The molecule has 6 heteroatoms. The molecule has 2 aromatic carbocycles. The zero-order valence-corrected chi connectivity index (χ0v) is 15.1. The monoisotopic (exact) mass is 356 g/mol. The fourth-order valence-corrected chi connectivity index (χ4v) is 2.89. The molecule has 26 heavy (non-hydrogen) atoms. The molecule has 1 saturated heterocycles. The summed E-state index contributed by atoms with van der Waals surface area (Å²) in [5, 5.41) is 2.84. The molecule has 1 atom stereocenters. The van der Waals surface area contributed by atoms with Crippen LogP contribution in [0.5, 0.6) is 17.2 Å². The van der Waals surface area contributed by atoms with E-state index < -0.39 is 0 Å². The first-order valence-electron chi connectivity index (χ1n) is 8.68. The molecule has 1 N–H and O–H groups in total. The first-order valence-corrected chi connectivity index (χ1v) is 8.68. The minimum absolute atomic E-state index is 0.00262. The zero-order valence-electron chi connectivity index (χ0n) is 15.1. The summed E-state index contributed by atoms with van der Waals surface area (Å²) in [6.45, 7) is 1.69. The van der Waals surface area contributed by atoms with Crippen molar-refractivity contribution in [2.45, 2.75) is 12.5 Å². The summed E-state index contributed by atoms with van der Waals surface area (Å²) in [5.41, 5.74) is 1.02. The predicted octanol–water partition coefficient (Wildman–Crippen LogP) is 3.24. The van der Waals surface area contributed by atoms with Crippen molar-refractivity contribution in [3.8, 4) is 17.2 Å². The van der Waals surface area contributed by atoms with E-state index in [-0.39, 0.29) is 12.1 Å². The van der Waals surface area contributed by atoms with Crippen LogP contribution in [-0.2, 0) is 0 Å². The Morgan fingerprint density at radius 3 is 2.54 bits per heavy atom. The van der Waals surface area contributed by atoms with E-state index in [0.29, 0.717) is 31.3 Å². The molecule has 138 valence electrons. The molecule has 1 fully saturated rings. The number of hydrogen-bond donors (Lipinski definition) is 1. The molecule has 0 saturated carbocycles. The van der Waals surface area contributed by atoms with Crippen LogP contribution in [0.1, 0.15) is 18.0 Å². The van der Waals surface area contributed by atoms with Crippen LogP contribution >= 0.6 is 0 Å². The van der Waals surface area contributed by atoms with Gasteiger partial charge >= 0.3 is 6.03 Å². The van der Waals surface area contributed by atoms with E-state index in [1.54, 1.807) is 19.1 Å². The normalized spacial score (nSPS) is 16.3. The third-order valence-corrected chi connectivity index (χ3v) is 4.37.